The van der Waals surface area contributed by atoms with Gasteiger partial charge in [-0.3, -0.25) is 9.28 Å². The Balaban J connectivity index is 2.26. The molecular weight excluding hydrogens is 250 g/mol. The Hall–Kier alpha value is -2.13. The van der Waals surface area contributed by atoms with E-state index in [0.717, 1.165) is 23.3 Å². The Bertz CT molecular complexity index is 586. The van der Waals surface area contributed by atoms with Crippen molar-refractivity contribution in [3.63, 3.8) is 0 Å². The Morgan fingerprint density at radius 2 is 1.75 bits per heavy atom. The molecule has 0 atom stereocenters. The second kappa shape index (κ2) is 5.88. The molecule has 0 saturated carbocycles. The van der Waals surface area contributed by atoms with Gasteiger partial charge >= 0.3 is 0 Å². The van der Waals surface area contributed by atoms with Crippen molar-refractivity contribution < 1.29 is 9.53 Å². The number of nitrogens with zero attached hydrogens (tertiary/aromatic N) is 1. The van der Waals surface area contributed by atoms with Gasteiger partial charge in [-0.15, -0.1) is 0 Å². The van der Waals surface area contributed by atoms with Gasteiger partial charge in [0.1, 0.15) is 12.9 Å². The zero-order valence-corrected chi connectivity index (χ0v) is 12.2. The Kier molecular flexibility index (Phi) is 4.20. The van der Waals surface area contributed by atoms with Gasteiger partial charge in [0, 0.05) is 11.6 Å². The van der Waals surface area contributed by atoms with E-state index in [9.17, 15) is 4.79 Å². The van der Waals surface area contributed by atoms with E-state index in [1.807, 2.05) is 42.5 Å². The largest absolute Gasteiger partial charge is 0.483 e. The first-order chi connectivity index (χ1) is 9.50. The fourth-order valence-corrected chi connectivity index (χ4v) is 2.01. The van der Waals surface area contributed by atoms with E-state index >= 15 is 0 Å². The molecule has 0 spiro atoms. The number of carbonyl (C=O) groups is 1. The molecule has 20 heavy (non-hydrogen) atoms. The van der Waals surface area contributed by atoms with Crippen LogP contribution in [0.3, 0.4) is 0 Å². The monoisotopic (exact) mass is 270 g/mol. The molecule has 3 heteroatoms. The van der Waals surface area contributed by atoms with E-state index in [4.69, 9.17) is 4.74 Å². The SMILES string of the molecule is C[N+](C)(C)c1ccc(C=O)cc1OCc1ccccc1. The summed E-state index contributed by atoms with van der Waals surface area (Å²) in [6, 6.07) is 15.6. The van der Waals surface area contributed by atoms with Gasteiger partial charge in [0.05, 0.1) is 21.1 Å². The van der Waals surface area contributed by atoms with E-state index in [1.54, 1.807) is 6.07 Å². The fraction of sp³-hybridized carbons (Fsp3) is 0.235. The molecule has 104 valence electrons. The van der Waals surface area contributed by atoms with Crippen LogP contribution < -0.4 is 9.22 Å². The Labute approximate surface area is 120 Å². The highest BCUT2D eigenvalue weighted by Gasteiger charge is 2.19. The maximum atomic E-state index is 10.9. The molecule has 0 saturated heterocycles. The first kappa shape index (κ1) is 14.3. The molecule has 0 aliphatic rings. The van der Waals surface area contributed by atoms with Gasteiger partial charge < -0.3 is 4.74 Å². The highest BCUT2D eigenvalue weighted by atomic mass is 16.5. The number of ether oxygens (including phenoxy) is 1. The van der Waals surface area contributed by atoms with Crippen molar-refractivity contribution in [2.75, 3.05) is 21.1 Å². The van der Waals surface area contributed by atoms with Gasteiger partial charge in [-0.05, 0) is 17.7 Å². The van der Waals surface area contributed by atoms with Crippen LogP contribution in [0.5, 0.6) is 5.75 Å². The van der Waals surface area contributed by atoms with Crippen LogP contribution >= 0.6 is 0 Å². The summed E-state index contributed by atoms with van der Waals surface area (Å²) in [5, 5.41) is 0. The molecule has 0 aliphatic carbocycles. The quantitative estimate of drug-likeness (QED) is 0.615. The number of quaternary nitrogens is 1. The standard InChI is InChI=1S/C17H20NO2/c1-18(2,3)16-10-9-15(12-19)11-17(16)20-13-14-7-5-4-6-8-14/h4-12H,13H2,1-3H3/q+1. The predicted octanol–water partition coefficient (Wildman–Crippen LogP) is 3.27. The van der Waals surface area contributed by atoms with Crippen LogP contribution in [0.4, 0.5) is 5.69 Å². The number of benzene rings is 2. The summed E-state index contributed by atoms with van der Waals surface area (Å²) in [6.45, 7) is 0.496. The van der Waals surface area contributed by atoms with E-state index in [-0.39, 0.29) is 0 Å². The smallest absolute Gasteiger partial charge is 0.181 e. The summed E-state index contributed by atoms with van der Waals surface area (Å²) in [4.78, 5) is 10.9. The molecule has 2 aromatic carbocycles. The van der Waals surface area contributed by atoms with Crippen LogP contribution in [-0.4, -0.2) is 27.4 Å². The first-order valence-corrected chi connectivity index (χ1v) is 6.58. The number of rotatable bonds is 5. The molecule has 0 aliphatic heterocycles. The van der Waals surface area contributed by atoms with Crippen LogP contribution in [0.1, 0.15) is 15.9 Å². The highest BCUT2D eigenvalue weighted by molar-refractivity contribution is 5.77. The summed E-state index contributed by atoms with van der Waals surface area (Å²) in [6.07, 6.45) is 0.842. The molecule has 2 rings (SSSR count). The van der Waals surface area contributed by atoms with Crippen LogP contribution in [0.2, 0.25) is 0 Å². The Morgan fingerprint density at radius 3 is 2.35 bits per heavy atom. The molecule has 3 nitrogen and oxygen atoms in total. The minimum atomic E-state index is 0.496. The maximum Gasteiger partial charge on any atom is 0.181 e. The van der Waals surface area contributed by atoms with Crippen molar-refractivity contribution in [2.24, 2.45) is 0 Å². The minimum absolute atomic E-state index is 0.496. The lowest BCUT2D eigenvalue weighted by atomic mass is 10.1. The molecule has 0 unspecified atom stereocenters. The third-order valence-corrected chi connectivity index (χ3v) is 3.08. The number of hydrogen-bond acceptors (Lipinski definition) is 2. The van der Waals surface area contributed by atoms with Crippen LogP contribution in [0, 0.1) is 0 Å². The van der Waals surface area contributed by atoms with Gasteiger partial charge in [-0.25, -0.2) is 0 Å². The maximum absolute atomic E-state index is 10.9. The second-order valence-corrected chi connectivity index (χ2v) is 5.63. The van der Waals surface area contributed by atoms with Gasteiger partial charge in [0.15, 0.2) is 11.4 Å². The summed E-state index contributed by atoms with van der Waals surface area (Å²) < 4.78 is 6.56. The first-order valence-electron chi connectivity index (χ1n) is 6.58. The number of aldehydes is 1. The van der Waals surface area contributed by atoms with Gasteiger partial charge in [0.25, 0.3) is 0 Å². The molecule has 0 N–H and O–H groups in total. The highest BCUT2D eigenvalue weighted by Crippen LogP contribution is 2.31. The fourth-order valence-electron chi connectivity index (χ4n) is 2.01. The van der Waals surface area contributed by atoms with E-state index < -0.39 is 0 Å². The molecule has 0 heterocycles. The van der Waals surface area contributed by atoms with Gasteiger partial charge in [-0.1, -0.05) is 30.3 Å². The second-order valence-electron chi connectivity index (χ2n) is 5.63. The molecular formula is C17H20NO2+. The Morgan fingerprint density at radius 1 is 1.05 bits per heavy atom. The minimum Gasteiger partial charge on any atom is -0.483 e. The third kappa shape index (κ3) is 3.45. The number of carbonyl (C=O) groups excluding carboxylic acids is 1. The van der Waals surface area contributed by atoms with Crippen molar-refractivity contribution in [1.82, 2.24) is 4.48 Å². The molecule has 0 bridgehead atoms. The average Bonchev–Trinajstić information content (AvgIpc) is 2.45. The molecule has 0 radical (unpaired) electrons. The molecule has 2 aromatic rings. The third-order valence-electron chi connectivity index (χ3n) is 3.08. The zero-order valence-electron chi connectivity index (χ0n) is 12.2. The summed E-state index contributed by atoms with van der Waals surface area (Å²) in [7, 11) is 6.22. The van der Waals surface area contributed by atoms with E-state index in [1.165, 1.54) is 0 Å². The lowest BCUT2D eigenvalue weighted by molar-refractivity contribution is 0.112. The molecule has 0 fully saturated rings. The summed E-state index contributed by atoms with van der Waals surface area (Å²) in [5.74, 6) is 0.756. The van der Waals surface area contributed by atoms with E-state index in [2.05, 4.69) is 21.1 Å². The van der Waals surface area contributed by atoms with Crippen molar-refractivity contribution in [2.45, 2.75) is 6.61 Å². The van der Waals surface area contributed by atoms with E-state index in [0.29, 0.717) is 16.7 Å². The summed E-state index contributed by atoms with van der Waals surface area (Å²) >= 11 is 0. The van der Waals surface area contributed by atoms with Crippen molar-refractivity contribution in [3.05, 3.63) is 59.7 Å². The zero-order chi connectivity index (χ0) is 14.6. The van der Waals surface area contributed by atoms with Crippen molar-refractivity contribution in [1.29, 1.82) is 0 Å². The number of hydrogen-bond donors (Lipinski definition) is 0. The normalized spacial score (nSPS) is 11.2. The lowest BCUT2D eigenvalue weighted by Gasteiger charge is -2.25. The molecule has 0 aromatic heterocycles. The summed E-state index contributed by atoms with van der Waals surface area (Å²) in [5.41, 5.74) is 2.79. The average molecular weight is 270 g/mol. The van der Waals surface area contributed by atoms with Crippen LogP contribution in [-0.2, 0) is 6.61 Å². The van der Waals surface area contributed by atoms with Gasteiger partial charge in [-0.2, -0.15) is 0 Å². The lowest BCUT2D eigenvalue weighted by Crippen LogP contribution is -2.35. The van der Waals surface area contributed by atoms with Crippen molar-refractivity contribution in [3.8, 4) is 5.75 Å². The van der Waals surface area contributed by atoms with Crippen LogP contribution in [0.25, 0.3) is 0 Å². The van der Waals surface area contributed by atoms with Crippen molar-refractivity contribution >= 4 is 12.0 Å². The van der Waals surface area contributed by atoms with Crippen LogP contribution in [0.15, 0.2) is 48.5 Å². The topological polar surface area (TPSA) is 26.3 Å². The molecule has 0 amide bonds. The predicted molar refractivity (Wildman–Crippen MR) is 82.2 cm³/mol. The van der Waals surface area contributed by atoms with Gasteiger partial charge in [0.2, 0.25) is 0 Å².